The van der Waals surface area contributed by atoms with Gasteiger partial charge in [-0.15, -0.1) is 0 Å². The van der Waals surface area contributed by atoms with Crippen molar-refractivity contribution < 1.29 is 14.8 Å². The lowest BCUT2D eigenvalue weighted by Crippen LogP contribution is -2.55. The Hall–Kier alpha value is -2.70. The summed E-state index contributed by atoms with van der Waals surface area (Å²) < 4.78 is 0. The van der Waals surface area contributed by atoms with Gasteiger partial charge in [-0.05, 0) is 36.5 Å². The van der Waals surface area contributed by atoms with Gasteiger partial charge in [0.15, 0.2) is 0 Å². The molecule has 0 saturated heterocycles. The summed E-state index contributed by atoms with van der Waals surface area (Å²) in [6, 6.07) is 17.4. The Labute approximate surface area is 152 Å². The monoisotopic (exact) mass is 353 g/mol. The maximum atomic E-state index is 12.9. The number of hydrogen-bond donors (Lipinski definition) is 3. The fourth-order valence-corrected chi connectivity index (χ4v) is 3.25. The molecule has 2 aromatic rings. The standard InChI is InChI=1S/C20H23N3O3/c1-20(19(25)22-26,13-15-7-3-2-4-8-15)18(24)21-23-12-11-16-9-5-6-10-17(16)14-23/h2-10,26H,11-14H2,1H3,(H,21,24)(H,22,25)/t20-/m0/s1. The second-order valence-corrected chi connectivity index (χ2v) is 6.82. The number of hydrogen-bond acceptors (Lipinski definition) is 4. The fourth-order valence-electron chi connectivity index (χ4n) is 3.25. The molecular formula is C20H23N3O3. The summed E-state index contributed by atoms with van der Waals surface area (Å²) in [5, 5.41) is 11.0. The van der Waals surface area contributed by atoms with Crippen LogP contribution in [0.2, 0.25) is 0 Å². The van der Waals surface area contributed by atoms with Gasteiger partial charge >= 0.3 is 0 Å². The van der Waals surface area contributed by atoms with E-state index in [0.29, 0.717) is 13.1 Å². The molecule has 0 saturated carbocycles. The molecule has 0 bridgehead atoms. The molecule has 0 aliphatic carbocycles. The van der Waals surface area contributed by atoms with Gasteiger partial charge in [-0.2, -0.15) is 0 Å². The lowest BCUT2D eigenvalue weighted by atomic mass is 9.82. The first-order valence-electron chi connectivity index (χ1n) is 8.64. The van der Waals surface area contributed by atoms with Crippen LogP contribution in [-0.2, 0) is 29.0 Å². The van der Waals surface area contributed by atoms with E-state index in [1.165, 1.54) is 5.56 Å². The van der Waals surface area contributed by atoms with E-state index in [0.717, 1.165) is 17.5 Å². The number of carbonyl (C=O) groups is 2. The molecule has 0 unspecified atom stereocenters. The maximum Gasteiger partial charge on any atom is 0.259 e. The van der Waals surface area contributed by atoms with E-state index in [1.807, 2.05) is 53.5 Å². The number of hydroxylamine groups is 1. The molecule has 0 radical (unpaired) electrons. The third-order valence-corrected chi connectivity index (χ3v) is 4.89. The van der Waals surface area contributed by atoms with Crippen LogP contribution >= 0.6 is 0 Å². The summed E-state index contributed by atoms with van der Waals surface area (Å²) >= 11 is 0. The van der Waals surface area contributed by atoms with Crippen LogP contribution in [0.3, 0.4) is 0 Å². The number of rotatable bonds is 5. The van der Waals surface area contributed by atoms with Crippen LogP contribution < -0.4 is 10.9 Å². The van der Waals surface area contributed by atoms with Crippen LogP contribution in [0.25, 0.3) is 0 Å². The average Bonchev–Trinajstić information content (AvgIpc) is 2.67. The highest BCUT2D eigenvalue weighted by molar-refractivity contribution is 6.04. The van der Waals surface area contributed by atoms with Crippen LogP contribution in [0.4, 0.5) is 0 Å². The Morgan fingerprint density at radius 3 is 2.38 bits per heavy atom. The van der Waals surface area contributed by atoms with E-state index in [9.17, 15) is 9.59 Å². The summed E-state index contributed by atoms with van der Waals surface area (Å²) in [7, 11) is 0. The minimum Gasteiger partial charge on any atom is -0.289 e. The molecule has 6 heteroatoms. The Kier molecular flexibility index (Phi) is 5.35. The van der Waals surface area contributed by atoms with Crippen molar-refractivity contribution in [2.24, 2.45) is 5.41 Å². The average molecular weight is 353 g/mol. The third kappa shape index (κ3) is 3.76. The highest BCUT2D eigenvalue weighted by Gasteiger charge is 2.42. The molecule has 3 rings (SSSR count). The molecular weight excluding hydrogens is 330 g/mol. The van der Waals surface area contributed by atoms with Crippen molar-refractivity contribution in [2.45, 2.75) is 26.3 Å². The number of hydrazine groups is 1. The van der Waals surface area contributed by atoms with Gasteiger partial charge < -0.3 is 0 Å². The van der Waals surface area contributed by atoms with Crippen LogP contribution in [-0.4, -0.2) is 28.6 Å². The molecule has 1 aliphatic heterocycles. The molecule has 26 heavy (non-hydrogen) atoms. The van der Waals surface area contributed by atoms with E-state index in [1.54, 1.807) is 12.4 Å². The van der Waals surface area contributed by atoms with Crippen molar-refractivity contribution in [3.05, 3.63) is 71.3 Å². The summed E-state index contributed by atoms with van der Waals surface area (Å²) in [5.74, 6) is -1.16. The highest BCUT2D eigenvalue weighted by atomic mass is 16.5. The fraction of sp³-hybridized carbons (Fsp3) is 0.300. The zero-order chi connectivity index (χ0) is 18.6. The Balaban J connectivity index is 1.75. The van der Waals surface area contributed by atoms with Crippen LogP contribution in [0.15, 0.2) is 54.6 Å². The summed E-state index contributed by atoms with van der Waals surface area (Å²) in [6.07, 6.45) is 1.02. The number of benzene rings is 2. The van der Waals surface area contributed by atoms with E-state index >= 15 is 0 Å². The normalized spacial score (nSPS) is 16.2. The Bertz CT molecular complexity index is 794. The van der Waals surface area contributed by atoms with Crippen LogP contribution in [0.5, 0.6) is 0 Å². The van der Waals surface area contributed by atoms with Gasteiger partial charge in [0.2, 0.25) is 5.91 Å². The van der Waals surface area contributed by atoms with E-state index in [-0.39, 0.29) is 6.42 Å². The Morgan fingerprint density at radius 2 is 1.69 bits per heavy atom. The lowest BCUT2D eigenvalue weighted by Gasteiger charge is -2.33. The molecule has 3 N–H and O–H groups in total. The van der Waals surface area contributed by atoms with E-state index < -0.39 is 17.2 Å². The second-order valence-electron chi connectivity index (χ2n) is 6.82. The molecule has 1 atom stereocenters. The maximum absolute atomic E-state index is 12.9. The summed E-state index contributed by atoms with van der Waals surface area (Å²) in [6.45, 7) is 2.80. The summed E-state index contributed by atoms with van der Waals surface area (Å²) in [4.78, 5) is 25.2. The van der Waals surface area contributed by atoms with Crippen molar-refractivity contribution >= 4 is 11.8 Å². The van der Waals surface area contributed by atoms with E-state index in [2.05, 4.69) is 11.5 Å². The molecule has 1 heterocycles. The quantitative estimate of drug-likeness (QED) is 0.435. The van der Waals surface area contributed by atoms with Crippen LogP contribution in [0, 0.1) is 5.41 Å². The molecule has 2 aromatic carbocycles. The van der Waals surface area contributed by atoms with Gasteiger partial charge in [-0.1, -0.05) is 54.6 Å². The SMILES string of the molecule is C[C@@](Cc1ccccc1)(C(=O)NO)C(=O)NN1CCc2ccccc2C1. The number of carbonyl (C=O) groups excluding carboxylic acids is 2. The Morgan fingerprint density at radius 1 is 1.04 bits per heavy atom. The predicted octanol–water partition coefficient (Wildman–Crippen LogP) is 1.83. The highest BCUT2D eigenvalue weighted by Crippen LogP contribution is 2.25. The van der Waals surface area contributed by atoms with Crippen LogP contribution in [0.1, 0.15) is 23.6 Å². The van der Waals surface area contributed by atoms with E-state index in [4.69, 9.17) is 5.21 Å². The number of fused-ring (bicyclic) bond motifs is 1. The minimum atomic E-state index is -1.42. The predicted molar refractivity (Wildman–Crippen MR) is 96.9 cm³/mol. The number of nitrogens with one attached hydrogen (secondary N) is 2. The number of nitrogens with zero attached hydrogens (tertiary/aromatic N) is 1. The topological polar surface area (TPSA) is 81.7 Å². The van der Waals surface area contributed by atoms with Gasteiger partial charge in [0.05, 0.1) is 0 Å². The van der Waals surface area contributed by atoms with Crippen molar-refractivity contribution in [2.75, 3.05) is 6.54 Å². The molecule has 136 valence electrons. The first-order valence-corrected chi connectivity index (χ1v) is 8.64. The largest absolute Gasteiger partial charge is 0.289 e. The summed E-state index contributed by atoms with van der Waals surface area (Å²) in [5.41, 5.74) is 6.36. The molecule has 0 fully saturated rings. The minimum absolute atomic E-state index is 0.191. The van der Waals surface area contributed by atoms with Gasteiger partial charge in [-0.25, -0.2) is 10.5 Å². The van der Waals surface area contributed by atoms with Gasteiger partial charge in [-0.3, -0.25) is 20.2 Å². The van der Waals surface area contributed by atoms with Crippen molar-refractivity contribution in [3.8, 4) is 0 Å². The first kappa shape index (κ1) is 18.1. The molecule has 0 spiro atoms. The molecule has 2 amide bonds. The van der Waals surface area contributed by atoms with Gasteiger partial charge in [0.25, 0.3) is 5.91 Å². The second kappa shape index (κ2) is 7.68. The van der Waals surface area contributed by atoms with Crippen molar-refractivity contribution in [1.82, 2.24) is 15.9 Å². The molecule has 0 aromatic heterocycles. The zero-order valence-electron chi connectivity index (χ0n) is 14.7. The lowest BCUT2D eigenvalue weighted by molar-refractivity contribution is -0.150. The van der Waals surface area contributed by atoms with Gasteiger partial charge in [0, 0.05) is 13.1 Å². The van der Waals surface area contributed by atoms with Crippen molar-refractivity contribution in [1.29, 1.82) is 0 Å². The zero-order valence-corrected chi connectivity index (χ0v) is 14.7. The van der Waals surface area contributed by atoms with Crippen molar-refractivity contribution in [3.63, 3.8) is 0 Å². The third-order valence-electron chi connectivity index (χ3n) is 4.89. The molecule has 1 aliphatic rings. The first-order chi connectivity index (χ1) is 12.5. The smallest absolute Gasteiger partial charge is 0.259 e. The molecule has 6 nitrogen and oxygen atoms in total. The van der Waals surface area contributed by atoms with Gasteiger partial charge in [0.1, 0.15) is 5.41 Å². The number of amides is 2.